The number of cyclic esters (lactones) is 2. The lowest BCUT2D eigenvalue weighted by Crippen LogP contribution is -2.19. The van der Waals surface area contributed by atoms with Gasteiger partial charge < -0.3 is 16.2 Å². The summed E-state index contributed by atoms with van der Waals surface area (Å²) in [4.78, 5) is 39.9. The largest absolute Gasteiger partial charge is 0.398 e. The van der Waals surface area contributed by atoms with E-state index in [0.29, 0.717) is 0 Å². The maximum atomic E-state index is 10.0. The molecule has 0 bridgehead atoms. The maximum absolute atomic E-state index is 10.0. The Morgan fingerprint density at radius 2 is 1.07 bits per heavy atom. The molecule has 5 N–H and O–H groups in total. The van der Waals surface area contributed by atoms with Crippen LogP contribution in [0.1, 0.15) is 11.1 Å². The van der Waals surface area contributed by atoms with Crippen LogP contribution < -0.4 is 16.8 Å². The van der Waals surface area contributed by atoms with E-state index in [1.807, 2.05) is 53.8 Å². The molecule has 0 spiro atoms. The van der Waals surface area contributed by atoms with Gasteiger partial charge in [0.15, 0.2) is 0 Å². The summed E-state index contributed by atoms with van der Waals surface area (Å²) in [6.07, 6.45) is 5.36. The zero-order valence-electron chi connectivity index (χ0n) is 15.3. The summed E-state index contributed by atoms with van der Waals surface area (Å²) in [5.41, 5.74) is 15.6. The third-order valence-corrected chi connectivity index (χ3v) is 3.68. The van der Waals surface area contributed by atoms with E-state index in [2.05, 4.69) is 4.74 Å². The Kier molecular flexibility index (Phi) is 7.43. The highest BCUT2D eigenvalue weighted by atomic mass is 16.6. The Hall–Kier alpha value is -4.20. The van der Waals surface area contributed by atoms with E-state index in [4.69, 9.17) is 11.5 Å². The van der Waals surface area contributed by atoms with Crippen molar-refractivity contribution in [3.8, 4) is 0 Å². The van der Waals surface area contributed by atoms with Crippen LogP contribution in [0.25, 0.3) is 0 Å². The van der Waals surface area contributed by atoms with Crippen molar-refractivity contribution in [2.24, 2.45) is 0 Å². The zero-order valence-corrected chi connectivity index (χ0v) is 15.3. The highest BCUT2D eigenvalue weighted by Crippen LogP contribution is 2.19. The molecule has 2 heterocycles. The predicted octanol–water partition coefficient (Wildman–Crippen LogP) is 1.27. The van der Waals surface area contributed by atoms with Crippen LogP contribution in [-0.4, -0.2) is 23.8 Å². The van der Waals surface area contributed by atoms with Gasteiger partial charge in [0.2, 0.25) is 0 Å². The van der Waals surface area contributed by atoms with Crippen molar-refractivity contribution in [3.63, 3.8) is 0 Å². The van der Waals surface area contributed by atoms with Gasteiger partial charge in [0.1, 0.15) is 0 Å². The van der Waals surface area contributed by atoms with E-state index >= 15 is 0 Å². The number of hydrogen-bond donors (Lipinski definition) is 3. The quantitative estimate of drug-likeness (QED) is 0.302. The van der Waals surface area contributed by atoms with E-state index in [-0.39, 0.29) is 11.8 Å². The molecule has 0 radical (unpaired) electrons. The Morgan fingerprint density at radius 3 is 1.34 bits per heavy atom. The van der Waals surface area contributed by atoms with Gasteiger partial charge in [0.25, 0.3) is 11.8 Å². The van der Waals surface area contributed by atoms with Gasteiger partial charge in [-0.1, -0.05) is 36.4 Å². The zero-order chi connectivity index (χ0) is 21.2. The Labute approximate surface area is 166 Å². The van der Waals surface area contributed by atoms with Crippen molar-refractivity contribution < 1.29 is 23.9 Å². The van der Waals surface area contributed by atoms with Gasteiger partial charge in [-0.15, -0.1) is 0 Å². The standard InChI is InChI=1S/C13H14N2.C4H3NO2.C4H2O3/c14-12-7-3-1-5-10(12)9-11-6-2-4-8-13(11)15;6-3-1-2-4(7)5-3;5-3-1-2-4(6)7-3/h1-8H,9,14-15H2;1-2H,(H,5,6,7);1-2H. The molecule has 8 nitrogen and oxygen atoms in total. The monoisotopic (exact) mass is 393 g/mol. The molecule has 4 rings (SSSR count). The smallest absolute Gasteiger partial charge is 0.338 e. The lowest BCUT2D eigenvalue weighted by Gasteiger charge is -2.07. The first kappa shape index (κ1) is 21.1. The van der Waals surface area contributed by atoms with Crippen molar-refractivity contribution in [2.45, 2.75) is 6.42 Å². The molecule has 0 saturated carbocycles. The second-order valence-corrected chi connectivity index (χ2v) is 5.83. The molecule has 8 heteroatoms. The van der Waals surface area contributed by atoms with Gasteiger partial charge in [-0.2, -0.15) is 0 Å². The molecule has 2 aromatic carbocycles. The van der Waals surface area contributed by atoms with E-state index in [9.17, 15) is 19.2 Å². The number of esters is 2. The third-order valence-electron chi connectivity index (χ3n) is 3.68. The fourth-order valence-corrected chi connectivity index (χ4v) is 2.25. The summed E-state index contributed by atoms with van der Waals surface area (Å²) in [6.45, 7) is 0. The van der Waals surface area contributed by atoms with Crippen molar-refractivity contribution in [3.05, 3.63) is 84.0 Å². The van der Waals surface area contributed by atoms with Gasteiger partial charge in [0.05, 0.1) is 0 Å². The fourth-order valence-electron chi connectivity index (χ4n) is 2.25. The third kappa shape index (κ3) is 7.14. The first-order valence-electron chi connectivity index (χ1n) is 8.49. The number of hydrogen-bond acceptors (Lipinski definition) is 7. The molecule has 29 heavy (non-hydrogen) atoms. The molecule has 0 saturated heterocycles. The number of amides is 2. The minimum absolute atomic E-state index is 0.329. The molecule has 0 fully saturated rings. The summed E-state index contributed by atoms with van der Waals surface area (Å²) < 4.78 is 3.97. The molecule has 0 aliphatic carbocycles. The topological polar surface area (TPSA) is 142 Å². The van der Waals surface area contributed by atoms with E-state index in [1.54, 1.807) is 0 Å². The van der Waals surface area contributed by atoms with Crippen molar-refractivity contribution in [2.75, 3.05) is 11.5 Å². The predicted molar refractivity (Wildman–Crippen MR) is 107 cm³/mol. The molecule has 148 valence electrons. The number of nitrogens with two attached hydrogens (primary N) is 2. The van der Waals surface area contributed by atoms with Gasteiger partial charge in [-0.05, 0) is 23.3 Å². The van der Waals surface area contributed by atoms with Crippen LogP contribution in [-0.2, 0) is 30.3 Å². The van der Waals surface area contributed by atoms with Gasteiger partial charge in [0, 0.05) is 42.1 Å². The number of nitrogen functional groups attached to an aromatic ring is 2. The average molecular weight is 393 g/mol. The van der Waals surface area contributed by atoms with Crippen LogP contribution in [0.3, 0.4) is 0 Å². The van der Waals surface area contributed by atoms with Crippen molar-refractivity contribution in [1.29, 1.82) is 0 Å². The summed E-state index contributed by atoms with van der Waals surface area (Å²) >= 11 is 0. The van der Waals surface area contributed by atoms with Crippen LogP contribution in [0.5, 0.6) is 0 Å². The highest BCUT2D eigenvalue weighted by molar-refractivity contribution is 6.12. The number of imide groups is 1. The van der Waals surface area contributed by atoms with Crippen LogP contribution in [0.2, 0.25) is 0 Å². The van der Waals surface area contributed by atoms with Gasteiger partial charge in [-0.25, -0.2) is 9.59 Å². The first-order chi connectivity index (χ1) is 13.8. The van der Waals surface area contributed by atoms with Gasteiger partial charge >= 0.3 is 11.9 Å². The second kappa shape index (κ2) is 10.2. The first-order valence-corrected chi connectivity index (χ1v) is 8.49. The van der Waals surface area contributed by atoms with Crippen LogP contribution in [0.15, 0.2) is 72.8 Å². The fraction of sp³-hybridized carbons (Fsp3) is 0.0476. The van der Waals surface area contributed by atoms with Crippen molar-refractivity contribution >= 4 is 35.1 Å². The number of carbonyl (C=O) groups excluding carboxylic acids is 4. The molecule has 0 atom stereocenters. The Balaban J connectivity index is 0.000000178. The number of rotatable bonds is 2. The summed E-state index contributed by atoms with van der Waals surface area (Å²) in [5, 5.41) is 2.03. The summed E-state index contributed by atoms with van der Waals surface area (Å²) in [7, 11) is 0. The number of anilines is 2. The van der Waals surface area contributed by atoms with E-state index in [0.717, 1.165) is 41.1 Å². The second-order valence-electron chi connectivity index (χ2n) is 5.83. The minimum atomic E-state index is -0.579. The molecule has 2 aliphatic rings. The molecule has 2 aromatic rings. The minimum Gasteiger partial charge on any atom is -0.398 e. The molecule has 0 unspecified atom stereocenters. The highest BCUT2D eigenvalue weighted by Gasteiger charge is 2.10. The number of nitrogens with one attached hydrogen (secondary N) is 1. The summed E-state index contributed by atoms with van der Waals surface area (Å²) in [5.74, 6) is -1.81. The number of ether oxygens (including phenoxy) is 1. The SMILES string of the molecule is Nc1ccccc1Cc1ccccc1N.O=C1C=CC(=O)N1.O=C1C=CC(=O)O1. The van der Waals surface area contributed by atoms with Gasteiger partial charge in [-0.3, -0.25) is 14.9 Å². The normalized spacial score (nSPS) is 13.8. The molecular formula is C21H19N3O5. The number of benzene rings is 2. The van der Waals surface area contributed by atoms with Crippen molar-refractivity contribution in [1.82, 2.24) is 5.32 Å². The lowest BCUT2D eigenvalue weighted by molar-refractivity contribution is -0.150. The Bertz CT molecular complexity index is 884. The average Bonchev–Trinajstić information content (AvgIpc) is 3.26. The number of para-hydroxylation sites is 2. The maximum Gasteiger partial charge on any atom is 0.338 e. The lowest BCUT2D eigenvalue weighted by atomic mass is 10.0. The molecule has 2 amide bonds. The molecule has 2 aliphatic heterocycles. The summed E-state index contributed by atoms with van der Waals surface area (Å²) in [6, 6.07) is 15.7. The van der Waals surface area contributed by atoms with E-state index in [1.165, 1.54) is 12.2 Å². The van der Waals surface area contributed by atoms with E-state index < -0.39 is 11.9 Å². The van der Waals surface area contributed by atoms with Crippen LogP contribution >= 0.6 is 0 Å². The van der Waals surface area contributed by atoms with Crippen LogP contribution in [0.4, 0.5) is 11.4 Å². The molecular weight excluding hydrogens is 374 g/mol. The number of carbonyl (C=O) groups is 4. The Morgan fingerprint density at radius 1 is 0.655 bits per heavy atom. The molecule has 0 aromatic heterocycles. The van der Waals surface area contributed by atoms with Crippen LogP contribution in [0, 0.1) is 0 Å².